The first-order valence-corrected chi connectivity index (χ1v) is 5.82. The summed E-state index contributed by atoms with van der Waals surface area (Å²) < 4.78 is 57.5. The maximum Gasteiger partial charge on any atom is 0.522 e. The molecular formula is C9H12F3NO3S. The third-order valence-corrected chi connectivity index (χ3v) is 2.36. The zero-order chi connectivity index (χ0) is 13.7. The van der Waals surface area contributed by atoms with Gasteiger partial charge < -0.3 is 5.73 Å². The van der Waals surface area contributed by atoms with Crippen LogP contribution in [-0.2, 0) is 16.7 Å². The minimum absolute atomic E-state index is 0.646. The van der Waals surface area contributed by atoms with E-state index in [0.29, 0.717) is 6.54 Å². The molecule has 4 nitrogen and oxygen atoms in total. The Balaban J connectivity index is 0.000000304. The number of hydrogen-bond donors (Lipinski definition) is 2. The summed E-state index contributed by atoms with van der Waals surface area (Å²) in [5, 5.41) is 0. The van der Waals surface area contributed by atoms with Gasteiger partial charge in [0.15, 0.2) is 0 Å². The van der Waals surface area contributed by atoms with E-state index < -0.39 is 15.6 Å². The minimum Gasteiger partial charge on any atom is -0.326 e. The fraction of sp³-hybridized carbons (Fsp3) is 0.333. The van der Waals surface area contributed by atoms with Crippen molar-refractivity contribution in [1.29, 1.82) is 0 Å². The van der Waals surface area contributed by atoms with Gasteiger partial charge in [-0.15, -0.1) is 0 Å². The molecule has 17 heavy (non-hydrogen) atoms. The lowest BCUT2D eigenvalue weighted by molar-refractivity contribution is -0.0510. The van der Waals surface area contributed by atoms with Crippen LogP contribution in [0.3, 0.4) is 0 Å². The molecule has 8 heteroatoms. The predicted molar refractivity (Wildman–Crippen MR) is 56.7 cm³/mol. The minimum atomic E-state index is -5.84. The highest BCUT2D eigenvalue weighted by molar-refractivity contribution is 7.86. The molecule has 0 fully saturated rings. The third-order valence-electron chi connectivity index (χ3n) is 1.77. The highest BCUT2D eigenvalue weighted by atomic mass is 32.2. The Morgan fingerprint density at radius 1 is 1.29 bits per heavy atom. The number of hydrogen-bond acceptors (Lipinski definition) is 3. The SMILES string of the molecule is Cc1ccccc1CN.O=S(=O)(O)C(F)(F)F. The Hall–Kier alpha value is -1.12. The van der Waals surface area contributed by atoms with E-state index in [9.17, 15) is 13.2 Å². The number of alkyl halides is 3. The van der Waals surface area contributed by atoms with Crippen LogP contribution >= 0.6 is 0 Å². The Bertz CT molecular complexity index is 457. The van der Waals surface area contributed by atoms with E-state index in [0.717, 1.165) is 0 Å². The van der Waals surface area contributed by atoms with E-state index in [2.05, 4.69) is 19.1 Å². The number of aryl methyl sites for hydroxylation is 1. The van der Waals surface area contributed by atoms with Crippen molar-refractivity contribution in [3.8, 4) is 0 Å². The summed E-state index contributed by atoms with van der Waals surface area (Å²) in [6, 6.07) is 8.15. The monoisotopic (exact) mass is 271 g/mol. The van der Waals surface area contributed by atoms with Crippen molar-refractivity contribution in [3.63, 3.8) is 0 Å². The molecule has 1 rings (SSSR count). The molecule has 0 aliphatic rings. The normalized spacial score (nSPS) is 11.6. The Morgan fingerprint density at radius 2 is 1.71 bits per heavy atom. The van der Waals surface area contributed by atoms with Crippen molar-refractivity contribution in [1.82, 2.24) is 0 Å². The average Bonchev–Trinajstić information content (AvgIpc) is 2.16. The lowest BCUT2D eigenvalue weighted by Gasteiger charge is -1.98. The summed E-state index contributed by atoms with van der Waals surface area (Å²) in [7, 11) is -5.84. The molecule has 0 aliphatic carbocycles. The van der Waals surface area contributed by atoms with E-state index in [1.165, 1.54) is 11.1 Å². The van der Waals surface area contributed by atoms with Crippen molar-refractivity contribution in [2.24, 2.45) is 5.73 Å². The number of halogens is 3. The fourth-order valence-corrected chi connectivity index (χ4v) is 0.839. The van der Waals surface area contributed by atoms with Crippen LogP contribution in [0, 0.1) is 6.92 Å². The Morgan fingerprint density at radius 3 is 1.94 bits per heavy atom. The molecule has 3 N–H and O–H groups in total. The molecular weight excluding hydrogens is 259 g/mol. The first kappa shape index (κ1) is 15.9. The quantitative estimate of drug-likeness (QED) is 0.603. The van der Waals surface area contributed by atoms with Crippen molar-refractivity contribution in [2.75, 3.05) is 0 Å². The van der Waals surface area contributed by atoms with Gasteiger partial charge in [-0.1, -0.05) is 24.3 Å². The summed E-state index contributed by atoms with van der Waals surface area (Å²) in [6.45, 7) is 2.72. The maximum atomic E-state index is 10.7. The van der Waals surface area contributed by atoms with Gasteiger partial charge in [0, 0.05) is 6.54 Å². The fourth-order valence-electron chi connectivity index (χ4n) is 0.839. The standard InChI is InChI=1S/C8H11N.CHF3O3S/c1-7-4-2-3-5-8(7)6-9;2-1(3,4)8(5,6)7/h2-5H,6,9H2,1H3;(H,5,6,7). The van der Waals surface area contributed by atoms with Crippen molar-refractivity contribution < 1.29 is 26.1 Å². The van der Waals surface area contributed by atoms with Crippen LogP contribution in [0.4, 0.5) is 13.2 Å². The van der Waals surface area contributed by atoms with Gasteiger partial charge in [0.25, 0.3) is 0 Å². The molecule has 0 spiro atoms. The molecule has 98 valence electrons. The van der Waals surface area contributed by atoms with E-state index in [4.69, 9.17) is 18.7 Å². The second kappa shape index (κ2) is 5.99. The third kappa shape index (κ3) is 5.66. The lowest BCUT2D eigenvalue weighted by Crippen LogP contribution is -2.21. The zero-order valence-electron chi connectivity index (χ0n) is 8.90. The molecule has 0 radical (unpaired) electrons. The largest absolute Gasteiger partial charge is 0.522 e. The molecule has 0 saturated heterocycles. The van der Waals surface area contributed by atoms with Crippen molar-refractivity contribution >= 4 is 10.1 Å². The highest BCUT2D eigenvalue weighted by Gasteiger charge is 2.44. The van der Waals surface area contributed by atoms with E-state index in [1.54, 1.807) is 0 Å². The van der Waals surface area contributed by atoms with Gasteiger partial charge in [0.05, 0.1) is 0 Å². The van der Waals surface area contributed by atoms with Crippen LogP contribution in [0.15, 0.2) is 24.3 Å². The molecule has 0 heterocycles. The molecule has 0 bridgehead atoms. The Labute approximate surface area is 97.0 Å². The topological polar surface area (TPSA) is 80.4 Å². The van der Waals surface area contributed by atoms with Crippen molar-refractivity contribution in [3.05, 3.63) is 35.4 Å². The van der Waals surface area contributed by atoms with Gasteiger partial charge >= 0.3 is 15.6 Å². The molecule has 0 saturated carbocycles. The predicted octanol–water partition coefficient (Wildman–Crippen LogP) is 1.85. The smallest absolute Gasteiger partial charge is 0.326 e. The summed E-state index contributed by atoms with van der Waals surface area (Å²) in [5.41, 5.74) is 2.43. The summed E-state index contributed by atoms with van der Waals surface area (Å²) in [4.78, 5) is 0. The van der Waals surface area contributed by atoms with E-state index >= 15 is 0 Å². The summed E-state index contributed by atoms with van der Waals surface area (Å²) in [5.74, 6) is 0. The first-order valence-electron chi connectivity index (χ1n) is 4.38. The highest BCUT2D eigenvalue weighted by Crippen LogP contribution is 2.20. The van der Waals surface area contributed by atoms with Gasteiger partial charge in [0.2, 0.25) is 0 Å². The molecule has 1 aromatic rings. The summed E-state index contributed by atoms with van der Waals surface area (Å²) in [6.07, 6.45) is 0. The second-order valence-electron chi connectivity index (χ2n) is 3.05. The van der Waals surface area contributed by atoms with Crippen LogP contribution in [0.2, 0.25) is 0 Å². The van der Waals surface area contributed by atoms with Gasteiger partial charge in [-0.25, -0.2) is 0 Å². The van der Waals surface area contributed by atoms with Crippen LogP contribution in [0.1, 0.15) is 11.1 Å². The number of benzene rings is 1. The van der Waals surface area contributed by atoms with Gasteiger partial charge in [-0.2, -0.15) is 21.6 Å². The van der Waals surface area contributed by atoms with Crippen LogP contribution in [0.5, 0.6) is 0 Å². The maximum absolute atomic E-state index is 10.7. The molecule has 0 unspecified atom stereocenters. The molecule has 0 amide bonds. The lowest BCUT2D eigenvalue weighted by atomic mass is 10.1. The van der Waals surface area contributed by atoms with Crippen LogP contribution < -0.4 is 5.73 Å². The second-order valence-corrected chi connectivity index (χ2v) is 4.46. The molecule has 0 aliphatic heterocycles. The molecule has 0 aromatic heterocycles. The van der Waals surface area contributed by atoms with E-state index in [-0.39, 0.29) is 0 Å². The van der Waals surface area contributed by atoms with Crippen LogP contribution in [-0.4, -0.2) is 18.5 Å². The molecule has 0 atom stereocenters. The number of rotatable bonds is 1. The zero-order valence-corrected chi connectivity index (χ0v) is 9.72. The van der Waals surface area contributed by atoms with Gasteiger partial charge in [-0.05, 0) is 18.1 Å². The van der Waals surface area contributed by atoms with Crippen molar-refractivity contribution in [2.45, 2.75) is 19.0 Å². The number of nitrogens with two attached hydrogens (primary N) is 1. The first-order chi connectivity index (χ1) is 7.59. The van der Waals surface area contributed by atoms with E-state index in [1.807, 2.05) is 12.1 Å². The average molecular weight is 271 g/mol. The van der Waals surface area contributed by atoms with Gasteiger partial charge in [0.1, 0.15) is 0 Å². The Kier molecular flexibility index (Phi) is 5.59. The summed E-state index contributed by atoms with van der Waals surface area (Å²) >= 11 is 0. The molecule has 1 aromatic carbocycles. The van der Waals surface area contributed by atoms with Gasteiger partial charge in [-0.3, -0.25) is 4.55 Å². The van der Waals surface area contributed by atoms with Crippen LogP contribution in [0.25, 0.3) is 0 Å².